The molecule has 0 fully saturated rings. The zero-order valence-electron chi connectivity index (χ0n) is 14.8. The number of aromatic carboxylic acids is 1. The molecule has 0 unspecified atom stereocenters. The van der Waals surface area contributed by atoms with Gasteiger partial charge in [-0.25, -0.2) is 9.78 Å². The van der Waals surface area contributed by atoms with Crippen LogP contribution < -0.4 is 4.72 Å². The van der Waals surface area contributed by atoms with Gasteiger partial charge in [0.25, 0.3) is 10.0 Å². The van der Waals surface area contributed by atoms with Gasteiger partial charge in [0.1, 0.15) is 5.65 Å². The van der Waals surface area contributed by atoms with Crippen molar-refractivity contribution in [3.8, 4) is 11.1 Å². The Kier molecular flexibility index (Phi) is 4.73. The number of anilines is 1. The second-order valence-electron chi connectivity index (χ2n) is 6.17. The van der Waals surface area contributed by atoms with E-state index in [-0.39, 0.29) is 21.4 Å². The first-order valence-electron chi connectivity index (χ1n) is 8.45. The number of carboxylic acid groups (broad SMARTS) is 1. The number of hydrogen-bond acceptors (Lipinski definition) is 4. The van der Waals surface area contributed by atoms with Crippen LogP contribution in [-0.2, 0) is 10.0 Å². The van der Waals surface area contributed by atoms with E-state index in [4.69, 9.17) is 11.6 Å². The molecule has 0 atom stereocenters. The van der Waals surface area contributed by atoms with E-state index in [1.807, 2.05) is 30.3 Å². The third-order valence-electron chi connectivity index (χ3n) is 4.30. The molecule has 4 aromatic rings. The number of carbonyl (C=O) groups is 1. The molecule has 0 amide bonds. The first kappa shape index (κ1) is 19.0. The van der Waals surface area contributed by atoms with Crippen molar-refractivity contribution in [1.82, 2.24) is 9.38 Å². The highest BCUT2D eigenvalue weighted by Crippen LogP contribution is 2.30. The van der Waals surface area contributed by atoms with E-state index in [1.165, 1.54) is 22.7 Å². The van der Waals surface area contributed by atoms with Gasteiger partial charge in [0.2, 0.25) is 0 Å². The van der Waals surface area contributed by atoms with Gasteiger partial charge in [0.15, 0.2) is 10.2 Å². The maximum atomic E-state index is 13.1. The Bertz CT molecular complexity index is 1330. The zero-order valence-corrected chi connectivity index (χ0v) is 16.4. The van der Waals surface area contributed by atoms with Gasteiger partial charge in [-0.1, -0.05) is 54.1 Å². The highest BCUT2D eigenvalue weighted by Gasteiger charge is 2.26. The third kappa shape index (κ3) is 3.55. The fraction of sp³-hybridized carbons (Fsp3) is 0. The first-order valence-corrected chi connectivity index (χ1v) is 10.3. The van der Waals surface area contributed by atoms with Crippen LogP contribution in [0.25, 0.3) is 16.8 Å². The normalized spacial score (nSPS) is 11.5. The van der Waals surface area contributed by atoms with Gasteiger partial charge in [-0.05, 0) is 35.4 Å². The molecule has 0 saturated heterocycles. The second-order valence-corrected chi connectivity index (χ2v) is 8.13. The summed E-state index contributed by atoms with van der Waals surface area (Å²) in [6.45, 7) is 0. The van der Waals surface area contributed by atoms with Crippen LogP contribution in [0.3, 0.4) is 0 Å². The standard InChI is InChI=1S/C20H14ClN3O4S/c21-18-19(24-11-5-4-8-17(24)22-18)29(27,28)23-16-12-14(9-10-15(16)20(25)26)13-6-2-1-3-7-13/h1-12,23H,(H,25,26). The van der Waals surface area contributed by atoms with Gasteiger partial charge in [-0.15, -0.1) is 0 Å². The van der Waals surface area contributed by atoms with Gasteiger partial charge in [0, 0.05) is 6.20 Å². The Morgan fingerprint density at radius 1 is 1.00 bits per heavy atom. The number of fused-ring (bicyclic) bond motifs is 1. The van der Waals surface area contributed by atoms with Crippen LogP contribution in [0, 0.1) is 0 Å². The number of nitrogens with one attached hydrogen (secondary N) is 1. The second kappa shape index (κ2) is 7.23. The topological polar surface area (TPSA) is 101 Å². The zero-order chi connectivity index (χ0) is 20.6. The van der Waals surface area contributed by atoms with E-state index in [0.29, 0.717) is 11.2 Å². The van der Waals surface area contributed by atoms with Crippen LogP contribution in [0.15, 0.2) is 78.0 Å². The summed E-state index contributed by atoms with van der Waals surface area (Å²) in [7, 11) is -4.23. The maximum absolute atomic E-state index is 13.1. The van der Waals surface area contributed by atoms with Gasteiger partial charge in [-0.2, -0.15) is 8.42 Å². The van der Waals surface area contributed by atoms with Crippen molar-refractivity contribution in [3.63, 3.8) is 0 Å². The minimum Gasteiger partial charge on any atom is -0.478 e. The smallest absolute Gasteiger partial charge is 0.337 e. The predicted octanol–water partition coefficient (Wildman–Crippen LogP) is 4.15. The summed E-state index contributed by atoms with van der Waals surface area (Å²) in [5, 5.41) is 9.03. The number of pyridine rings is 1. The molecule has 0 aliphatic rings. The highest BCUT2D eigenvalue weighted by molar-refractivity contribution is 7.92. The molecule has 0 aliphatic carbocycles. The summed E-state index contributed by atoms with van der Waals surface area (Å²) in [5.41, 5.74) is 1.59. The maximum Gasteiger partial charge on any atom is 0.337 e. The Labute approximate surface area is 171 Å². The van der Waals surface area contributed by atoms with Gasteiger partial charge >= 0.3 is 5.97 Å². The minimum absolute atomic E-state index is 0.0687. The summed E-state index contributed by atoms with van der Waals surface area (Å²) in [4.78, 5) is 15.7. The van der Waals surface area contributed by atoms with Crippen molar-refractivity contribution < 1.29 is 18.3 Å². The van der Waals surface area contributed by atoms with Crippen LogP contribution in [0.1, 0.15) is 10.4 Å². The molecular formula is C20H14ClN3O4S. The molecule has 9 heteroatoms. The Morgan fingerprint density at radius 3 is 2.45 bits per heavy atom. The Balaban J connectivity index is 1.83. The van der Waals surface area contributed by atoms with Crippen LogP contribution in [0.2, 0.25) is 5.15 Å². The molecule has 2 aromatic carbocycles. The number of rotatable bonds is 5. The molecule has 2 aromatic heterocycles. The van der Waals surface area contributed by atoms with E-state index >= 15 is 0 Å². The fourth-order valence-corrected chi connectivity index (χ4v) is 4.72. The summed E-state index contributed by atoms with van der Waals surface area (Å²) >= 11 is 6.08. The molecule has 2 heterocycles. The Morgan fingerprint density at radius 2 is 1.72 bits per heavy atom. The fourth-order valence-electron chi connectivity index (χ4n) is 3.00. The largest absolute Gasteiger partial charge is 0.478 e. The molecule has 0 radical (unpaired) electrons. The lowest BCUT2D eigenvalue weighted by Gasteiger charge is -2.13. The number of benzene rings is 2. The van der Waals surface area contributed by atoms with Crippen LogP contribution in [0.4, 0.5) is 5.69 Å². The van der Waals surface area contributed by atoms with Crippen molar-refractivity contribution in [1.29, 1.82) is 0 Å². The molecule has 7 nitrogen and oxygen atoms in total. The quantitative estimate of drug-likeness (QED) is 0.498. The van der Waals surface area contributed by atoms with E-state index < -0.39 is 16.0 Å². The lowest BCUT2D eigenvalue weighted by Crippen LogP contribution is -2.17. The Hall–Kier alpha value is -3.36. The van der Waals surface area contributed by atoms with Crippen molar-refractivity contribution in [2.75, 3.05) is 4.72 Å². The molecular weight excluding hydrogens is 414 g/mol. The molecule has 146 valence electrons. The number of halogens is 1. The summed E-state index contributed by atoms with van der Waals surface area (Å²) in [5.74, 6) is -1.26. The monoisotopic (exact) mass is 427 g/mol. The van der Waals surface area contributed by atoms with E-state index in [2.05, 4.69) is 9.71 Å². The molecule has 4 rings (SSSR count). The third-order valence-corrected chi connectivity index (χ3v) is 6.07. The van der Waals surface area contributed by atoms with E-state index in [0.717, 1.165) is 5.56 Å². The number of carboxylic acids is 1. The first-order chi connectivity index (χ1) is 13.9. The van der Waals surface area contributed by atoms with Gasteiger partial charge in [-0.3, -0.25) is 9.12 Å². The van der Waals surface area contributed by atoms with Crippen LogP contribution >= 0.6 is 11.6 Å². The van der Waals surface area contributed by atoms with E-state index in [9.17, 15) is 18.3 Å². The van der Waals surface area contributed by atoms with E-state index in [1.54, 1.807) is 24.3 Å². The molecule has 0 saturated carbocycles. The van der Waals surface area contributed by atoms with Gasteiger partial charge in [0.05, 0.1) is 11.3 Å². The molecule has 2 N–H and O–H groups in total. The average molecular weight is 428 g/mol. The number of imidazole rings is 1. The summed E-state index contributed by atoms with van der Waals surface area (Å²) in [6, 6.07) is 18.6. The van der Waals surface area contributed by atoms with Crippen molar-refractivity contribution in [2.45, 2.75) is 5.03 Å². The minimum atomic E-state index is -4.23. The molecule has 0 aliphatic heterocycles. The van der Waals surface area contributed by atoms with Crippen LogP contribution in [-0.4, -0.2) is 28.9 Å². The molecule has 0 spiro atoms. The van der Waals surface area contributed by atoms with Gasteiger partial charge < -0.3 is 5.11 Å². The summed E-state index contributed by atoms with van der Waals surface area (Å²) in [6.07, 6.45) is 1.52. The molecule has 29 heavy (non-hydrogen) atoms. The van der Waals surface area contributed by atoms with Crippen molar-refractivity contribution in [2.24, 2.45) is 0 Å². The number of sulfonamides is 1. The lowest BCUT2D eigenvalue weighted by molar-refractivity contribution is 0.0698. The SMILES string of the molecule is O=C(O)c1ccc(-c2ccccc2)cc1NS(=O)(=O)c1c(Cl)nc2ccccn12. The average Bonchev–Trinajstić information content (AvgIpc) is 3.04. The number of aromatic nitrogens is 2. The number of nitrogens with zero attached hydrogens (tertiary/aromatic N) is 2. The highest BCUT2D eigenvalue weighted by atomic mass is 35.5. The molecule has 0 bridgehead atoms. The predicted molar refractivity (Wildman–Crippen MR) is 110 cm³/mol. The van der Waals surface area contributed by atoms with Crippen molar-refractivity contribution in [3.05, 3.63) is 83.6 Å². The number of hydrogen-bond donors (Lipinski definition) is 2. The van der Waals surface area contributed by atoms with Crippen LogP contribution in [0.5, 0.6) is 0 Å². The summed E-state index contributed by atoms with van der Waals surface area (Å²) < 4.78 is 29.8. The van der Waals surface area contributed by atoms with Crippen molar-refractivity contribution >= 4 is 38.9 Å². The lowest BCUT2D eigenvalue weighted by atomic mass is 10.0.